The van der Waals surface area contributed by atoms with E-state index in [1.165, 1.54) is 23.9 Å². The Labute approximate surface area is 159 Å². The van der Waals surface area contributed by atoms with Gasteiger partial charge in [0.15, 0.2) is 0 Å². The first-order valence-electron chi connectivity index (χ1n) is 6.43. The van der Waals surface area contributed by atoms with Gasteiger partial charge in [-0.25, -0.2) is 0 Å². The van der Waals surface area contributed by atoms with E-state index in [0.717, 1.165) is 21.2 Å². The molecule has 2 aliphatic heterocycles. The summed E-state index contributed by atoms with van der Waals surface area (Å²) < 4.78 is 31.8. The summed E-state index contributed by atoms with van der Waals surface area (Å²) >= 11 is 1.38. The van der Waals surface area contributed by atoms with E-state index >= 15 is 0 Å². The minimum atomic E-state index is -4.24. The summed E-state index contributed by atoms with van der Waals surface area (Å²) in [6, 6.07) is 9.89. The molecule has 1 amide bonds. The standard InChI is InChI=1S/C14H10N2O4S2.Na.H/c17-14-9-2-1-3-11-13(9)16(7-15-14)10-5-4-8(22(18,19)20)6-12(10)21-11;;/h1-6H,7H2,(H,15,17)(H,18,19,20);;. The van der Waals surface area contributed by atoms with E-state index in [0.29, 0.717) is 12.2 Å². The second kappa shape index (κ2) is 5.80. The van der Waals surface area contributed by atoms with E-state index in [9.17, 15) is 17.8 Å². The summed E-state index contributed by atoms with van der Waals surface area (Å²) in [5.74, 6) is -0.119. The first-order valence-corrected chi connectivity index (χ1v) is 8.69. The molecule has 0 fully saturated rings. The number of hydrogen-bond donors (Lipinski definition) is 2. The average molecular weight is 358 g/mol. The number of amides is 1. The summed E-state index contributed by atoms with van der Waals surface area (Å²) in [5.41, 5.74) is 2.24. The van der Waals surface area contributed by atoms with Crippen LogP contribution in [0.5, 0.6) is 0 Å². The fourth-order valence-electron chi connectivity index (χ4n) is 2.68. The zero-order valence-electron chi connectivity index (χ0n) is 11.1. The van der Waals surface area contributed by atoms with E-state index in [1.54, 1.807) is 18.2 Å². The average Bonchev–Trinajstić information content (AvgIpc) is 2.48. The first kappa shape index (κ1) is 16.8. The Bertz CT molecular complexity index is 930. The Balaban J connectivity index is 0.00000156. The molecule has 9 heteroatoms. The Kier molecular flexibility index (Phi) is 4.24. The zero-order valence-corrected chi connectivity index (χ0v) is 12.7. The van der Waals surface area contributed by atoms with Crippen LogP contribution < -0.4 is 10.2 Å². The van der Waals surface area contributed by atoms with Crippen molar-refractivity contribution in [3.8, 4) is 0 Å². The summed E-state index contributed by atoms with van der Waals surface area (Å²) in [4.78, 5) is 15.4. The predicted octanol–water partition coefficient (Wildman–Crippen LogP) is 1.59. The van der Waals surface area contributed by atoms with Crippen molar-refractivity contribution in [2.75, 3.05) is 11.6 Å². The van der Waals surface area contributed by atoms with E-state index in [4.69, 9.17) is 0 Å². The Morgan fingerprint density at radius 3 is 2.70 bits per heavy atom. The molecule has 0 radical (unpaired) electrons. The molecule has 0 spiro atoms. The predicted molar refractivity (Wildman–Crippen MR) is 88.4 cm³/mol. The van der Waals surface area contributed by atoms with Gasteiger partial charge in [-0.1, -0.05) is 17.8 Å². The molecule has 6 nitrogen and oxygen atoms in total. The van der Waals surface area contributed by atoms with Crippen LogP contribution in [0.15, 0.2) is 51.1 Å². The molecule has 2 aromatic rings. The third-order valence-electron chi connectivity index (χ3n) is 3.65. The summed E-state index contributed by atoms with van der Waals surface area (Å²) in [6.45, 7) is 0.321. The molecule has 0 bridgehead atoms. The number of nitrogens with zero attached hydrogens (tertiary/aromatic N) is 1. The van der Waals surface area contributed by atoms with Crippen LogP contribution in [-0.2, 0) is 10.1 Å². The van der Waals surface area contributed by atoms with Crippen LogP contribution in [0.2, 0.25) is 0 Å². The van der Waals surface area contributed by atoms with Gasteiger partial charge >= 0.3 is 29.6 Å². The molecule has 114 valence electrons. The monoisotopic (exact) mass is 358 g/mol. The van der Waals surface area contributed by atoms with Crippen molar-refractivity contribution >= 4 is 68.7 Å². The molecule has 0 aliphatic carbocycles. The fraction of sp³-hybridized carbons (Fsp3) is 0.0714. The van der Waals surface area contributed by atoms with Crippen LogP contribution in [0.4, 0.5) is 11.4 Å². The van der Waals surface area contributed by atoms with Crippen LogP contribution in [0.3, 0.4) is 0 Å². The number of hydrogen-bond acceptors (Lipinski definition) is 5. The van der Waals surface area contributed by atoms with Crippen LogP contribution in [0.1, 0.15) is 10.4 Å². The van der Waals surface area contributed by atoms with Gasteiger partial charge in [0.2, 0.25) is 0 Å². The van der Waals surface area contributed by atoms with Gasteiger partial charge in [0.05, 0.1) is 28.5 Å². The summed E-state index contributed by atoms with van der Waals surface area (Å²) in [7, 11) is -4.24. The van der Waals surface area contributed by atoms with Gasteiger partial charge in [-0.3, -0.25) is 9.35 Å². The number of carbonyl (C=O) groups excluding carboxylic acids is 1. The van der Waals surface area contributed by atoms with E-state index in [2.05, 4.69) is 5.32 Å². The number of carbonyl (C=O) groups is 1. The minimum absolute atomic E-state index is 0. The van der Waals surface area contributed by atoms with Gasteiger partial charge < -0.3 is 10.2 Å². The third kappa shape index (κ3) is 2.69. The summed E-state index contributed by atoms with van der Waals surface area (Å²) in [5, 5.41) is 2.80. The van der Waals surface area contributed by atoms with Gasteiger partial charge in [-0.15, -0.1) is 0 Å². The number of anilines is 2. The molecule has 4 rings (SSSR count). The van der Waals surface area contributed by atoms with Crippen molar-refractivity contribution in [1.82, 2.24) is 5.32 Å². The maximum atomic E-state index is 12.0. The van der Waals surface area contributed by atoms with Gasteiger partial charge in [0, 0.05) is 9.79 Å². The third-order valence-corrected chi connectivity index (χ3v) is 5.60. The van der Waals surface area contributed by atoms with E-state index < -0.39 is 10.1 Å². The van der Waals surface area contributed by atoms with Crippen LogP contribution in [0, 0.1) is 0 Å². The van der Waals surface area contributed by atoms with E-state index in [-0.39, 0.29) is 40.4 Å². The maximum absolute atomic E-state index is 12.0. The molecule has 0 atom stereocenters. The Morgan fingerprint density at radius 2 is 1.96 bits per heavy atom. The molecule has 0 unspecified atom stereocenters. The van der Waals surface area contributed by atoms with Gasteiger partial charge in [-0.05, 0) is 30.3 Å². The molecule has 0 aromatic heterocycles. The Hall–Kier alpha value is -1.03. The molecule has 0 saturated heterocycles. The molecule has 2 N–H and O–H groups in total. The number of fused-ring (bicyclic) bond motifs is 2. The van der Waals surface area contributed by atoms with Crippen molar-refractivity contribution < 1.29 is 17.8 Å². The van der Waals surface area contributed by atoms with Crippen molar-refractivity contribution in [1.29, 1.82) is 0 Å². The summed E-state index contributed by atoms with van der Waals surface area (Å²) in [6.07, 6.45) is 0. The fourth-order valence-corrected chi connectivity index (χ4v) is 4.43. The zero-order chi connectivity index (χ0) is 15.5. The van der Waals surface area contributed by atoms with Crippen molar-refractivity contribution in [3.63, 3.8) is 0 Å². The number of benzene rings is 2. The topological polar surface area (TPSA) is 86.7 Å². The normalized spacial score (nSPS) is 15.2. The van der Waals surface area contributed by atoms with E-state index in [1.807, 2.05) is 11.0 Å². The van der Waals surface area contributed by atoms with Crippen molar-refractivity contribution in [3.05, 3.63) is 42.0 Å². The van der Waals surface area contributed by atoms with Crippen LogP contribution >= 0.6 is 11.8 Å². The molecule has 2 aromatic carbocycles. The van der Waals surface area contributed by atoms with Crippen LogP contribution in [-0.4, -0.2) is 55.1 Å². The SMILES string of the molecule is O=C1NCN2c3ccc(S(=O)(=O)O)cc3Sc3cccc1c32.[NaH]. The quantitative estimate of drug-likeness (QED) is 0.595. The molecular formula is C14H11N2NaO4S2. The molecular weight excluding hydrogens is 347 g/mol. The van der Waals surface area contributed by atoms with Gasteiger partial charge in [0.25, 0.3) is 16.0 Å². The second-order valence-electron chi connectivity index (χ2n) is 4.95. The molecule has 0 saturated carbocycles. The molecule has 2 aliphatic rings. The van der Waals surface area contributed by atoms with Gasteiger partial charge in [-0.2, -0.15) is 8.42 Å². The number of rotatable bonds is 1. The Morgan fingerprint density at radius 1 is 1.17 bits per heavy atom. The molecule has 2 heterocycles. The second-order valence-corrected chi connectivity index (χ2v) is 7.46. The van der Waals surface area contributed by atoms with Crippen LogP contribution in [0.25, 0.3) is 0 Å². The molecule has 23 heavy (non-hydrogen) atoms. The number of para-hydroxylation sites is 1. The van der Waals surface area contributed by atoms with Crippen molar-refractivity contribution in [2.24, 2.45) is 0 Å². The van der Waals surface area contributed by atoms with Gasteiger partial charge in [0.1, 0.15) is 0 Å². The first-order chi connectivity index (χ1) is 10.4. The number of nitrogens with one attached hydrogen (secondary N) is 1. The van der Waals surface area contributed by atoms with Crippen molar-refractivity contribution in [2.45, 2.75) is 14.7 Å².